The Morgan fingerprint density at radius 3 is 2.33 bits per heavy atom. The van der Waals surface area contributed by atoms with Crippen LogP contribution in [0.1, 0.15) is 76.8 Å². The molecule has 0 fully saturated rings. The molecule has 0 saturated heterocycles. The van der Waals surface area contributed by atoms with Crippen molar-refractivity contribution in [3.8, 4) is 5.75 Å². The third-order valence-corrected chi connectivity index (χ3v) is 4.42. The minimum atomic E-state index is -0.288. The molecule has 0 radical (unpaired) electrons. The Labute approximate surface area is 186 Å². The zero-order chi connectivity index (χ0) is 23.2. The molecular formula is C27H47NO2. The van der Waals surface area contributed by atoms with Gasteiger partial charge in [0.1, 0.15) is 5.75 Å². The van der Waals surface area contributed by atoms with Gasteiger partial charge in [0.2, 0.25) is 0 Å². The summed E-state index contributed by atoms with van der Waals surface area (Å²) in [6.07, 6.45) is 14.7. The number of aliphatic hydroxyl groups is 1. The normalized spacial score (nSPS) is 12.5. The summed E-state index contributed by atoms with van der Waals surface area (Å²) in [5, 5.41) is 13.6. The second kappa shape index (κ2) is 21.9. The number of nitrogens with one attached hydrogen (secondary N) is 1. The average Bonchev–Trinajstić information content (AvgIpc) is 2.74. The van der Waals surface area contributed by atoms with Crippen LogP contribution in [0.4, 0.5) is 0 Å². The lowest BCUT2D eigenvalue weighted by molar-refractivity contribution is 0.128. The number of aliphatic hydroxyl groups excluding tert-OH is 1. The van der Waals surface area contributed by atoms with Crippen molar-refractivity contribution in [1.82, 2.24) is 5.32 Å². The van der Waals surface area contributed by atoms with E-state index in [0.29, 0.717) is 0 Å². The molecule has 3 heteroatoms. The van der Waals surface area contributed by atoms with E-state index in [1.807, 2.05) is 32.2 Å². The molecule has 1 aromatic carbocycles. The standard InChI is InChI=1S/C16H27NO2.C8H12.C3H8/c1-5-6-16(18)14(9-10-17-3)15-11-13(19-4)8-7-12(15)2;1-3-5-7-8-6-4-2;1-3-2/h7-8,11,14,16-18H,5-6,9-10H2,1-4H3;3-7H,1,8H2,2H3;3H2,1-2H3/b;6-4-,7-5?;. The van der Waals surface area contributed by atoms with Gasteiger partial charge in [0.25, 0.3) is 0 Å². The number of rotatable bonds is 11. The van der Waals surface area contributed by atoms with Gasteiger partial charge in [-0.05, 0) is 70.0 Å². The Morgan fingerprint density at radius 2 is 1.83 bits per heavy atom. The van der Waals surface area contributed by atoms with Crippen LogP contribution < -0.4 is 10.1 Å². The molecule has 0 aliphatic heterocycles. The van der Waals surface area contributed by atoms with Crippen LogP contribution >= 0.6 is 0 Å². The van der Waals surface area contributed by atoms with E-state index < -0.39 is 0 Å². The summed E-state index contributed by atoms with van der Waals surface area (Å²) in [7, 11) is 3.63. The van der Waals surface area contributed by atoms with Gasteiger partial charge in [-0.25, -0.2) is 0 Å². The molecular weight excluding hydrogens is 370 g/mol. The van der Waals surface area contributed by atoms with Gasteiger partial charge >= 0.3 is 0 Å². The van der Waals surface area contributed by atoms with Crippen molar-refractivity contribution < 1.29 is 9.84 Å². The number of benzene rings is 1. The first kappa shape index (κ1) is 30.4. The van der Waals surface area contributed by atoms with Crippen LogP contribution in [-0.4, -0.2) is 31.9 Å². The Morgan fingerprint density at radius 1 is 1.17 bits per heavy atom. The van der Waals surface area contributed by atoms with Gasteiger partial charge < -0.3 is 15.2 Å². The molecule has 2 N–H and O–H groups in total. The Kier molecular flexibility index (Phi) is 22.1. The van der Waals surface area contributed by atoms with Crippen LogP contribution in [0.25, 0.3) is 0 Å². The maximum Gasteiger partial charge on any atom is 0.119 e. The maximum absolute atomic E-state index is 10.4. The molecule has 2 atom stereocenters. The van der Waals surface area contributed by atoms with E-state index in [-0.39, 0.29) is 12.0 Å². The Hall–Kier alpha value is -1.84. The second-order valence-electron chi connectivity index (χ2n) is 7.25. The van der Waals surface area contributed by atoms with Gasteiger partial charge in [0.05, 0.1) is 13.2 Å². The molecule has 0 amide bonds. The number of allylic oxidation sites excluding steroid dienone is 5. The van der Waals surface area contributed by atoms with Gasteiger partial charge in [-0.2, -0.15) is 0 Å². The zero-order valence-electron chi connectivity index (χ0n) is 20.6. The Balaban J connectivity index is 0. The third kappa shape index (κ3) is 15.1. The fourth-order valence-corrected chi connectivity index (χ4v) is 2.89. The highest BCUT2D eigenvalue weighted by Crippen LogP contribution is 2.31. The van der Waals surface area contributed by atoms with Gasteiger partial charge in [0.15, 0.2) is 0 Å². The SMILES string of the molecule is C=CC=CC/C=C\C.CCC.CCCC(O)C(CCNC)c1cc(OC)ccc1C. The summed E-state index contributed by atoms with van der Waals surface area (Å²) in [5.74, 6) is 1.03. The van der Waals surface area contributed by atoms with Crippen molar-refractivity contribution in [2.45, 2.75) is 78.7 Å². The summed E-state index contributed by atoms with van der Waals surface area (Å²) < 4.78 is 5.31. The second-order valence-corrected chi connectivity index (χ2v) is 7.25. The lowest BCUT2D eigenvalue weighted by Gasteiger charge is -2.25. The van der Waals surface area contributed by atoms with Crippen molar-refractivity contribution in [2.24, 2.45) is 0 Å². The molecule has 0 bridgehead atoms. The minimum absolute atomic E-state index is 0.169. The van der Waals surface area contributed by atoms with Crippen LogP contribution in [0.15, 0.2) is 55.2 Å². The van der Waals surface area contributed by atoms with Crippen molar-refractivity contribution in [3.05, 3.63) is 66.3 Å². The molecule has 0 aliphatic carbocycles. The van der Waals surface area contributed by atoms with Crippen LogP contribution in [0.2, 0.25) is 0 Å². The molecule has 172 valence electrons. The van der Waals surface area contributed by atoms with E-state index >= 15 is 0 Å². The van der Waals surface area contributed by atoms with Crippen molar-refractivity contribution in [3.63, 3.8) is 0 Å². The predicted molar refractivity (Wildman–Crippen MR) is 135 cm³/mol. The highest BCUT2D eigenvalue weighted by atomic mass is 16.5. The van der Waals surface area contributed by atoms with E-state index in [1.54, 1.807) is 13.2 Å². The molecule has 0 spiro atoms. The maximum atomic E-state index is 10.4. The van der Waals surface area contributed by atoms with Crippen LogP contribution in [0, 0.1) is 6.92 Å². The third-order valence-electron chi connectivity index (χ3n) is 4.42. The van der Waals surface area contributed by atoms with Crippen molar-refractivity contribution >= 4 is 0 Å². The van der Waals surface area contributed by atoms with Crippen LogP contribution in [0.5, 0.6) is 5.75 Å². The number of hydrogen-bond donors (Lipinski definition) is 2. The lowest BCUT2D eigenvalue weighted by atomic mass is 9.85. The molecule has 2 unspecified atom stereocenters. The smallest absolute Gasteiger partial charge is 0.119 e. The monoisotopic (exact) mass is 417 g/mol. The molecule has 1 aromatic rings. The molecule has 3 nitrogen and oxygen atoms in total. The largest absolute Gasteiger partial charge is 0.497 e. The van der Waals surface area contributed by atoms with E-state index in [1.165, 1.54) is 17.5 Å². The topological polar surface area (TPSA) is 41.5 Å². The van der Waals surface area contributed by atoms with Crippen LogP contribution in [-0.2, 0) is 0 Å². The fraction of sp³-hybridized carbons (Fsp3) is 0.556. The van der Waals surface area contributed by atoms with Gasteiger partial charge in [-0.1, -0.05) is 76.6 Å². The van der Waals surface area contributed by atoms with E-state index in [4.69, 9.17) is 4.74 Å². The number of aryl methyl sites for hydroxylation is 1. The number of ether oxygens (including phenoxy) is 1. The van der Waals surface area contributed by atoms with Crippen LogP contribution in [0.3, 0.4) is 0 Å². The molecule has 30 heavy (non-hydrogen) atoms. The summed E-state index contributed by atoms with van der Waals surface area (Å²) in [5.41, 5.74) is 2.42. The van der Waals surface area contributed by atoms with Crippen molar-refractivity contribution in [2.75, 3.05) is 20.7 Å². The fourth-order valence-electron chi connectivity index (χ4n) is 2.89. The first-order chi connectivity index (χ1) is 14.5. The quantitative estimate of drug-likeness (QED) is 0.302. The minimum Gasteiger partial charge on any atom is -0.497 e. The number of hydrogen-bond acceptors (Lipinski definition) is 3. The van der Waals surface area contributed by atoms with E-state index in [2.05, 4.69) is 63.9 Å². The molecule has 0 saturated carbocycles. The zero-order valence-corrected chi connectivity index (χ0v) is 20.6. The van der Waals surface area contributed by atoms with E-state index in [9.17, 15) is 5.11 Å². The molecule has 0 heterocycles. The first-order valence-electron chi connectivity index (χ1n) is 11.3. The summed E-state index contributed by atoms with van der Waals surface area (Å²) >= 11 is 0. The highest BCUT2D eigenvalue weighted by Gasteiger charge is 2.22. The number of methoxy groups -OCH3 is 1. The van der Waals surface area contributed by atoms with Crippen molar-refractivity contribution in [1.29, 1.82) is 0 Å². The van der Waals surface area contributed by atoms with Gasteiger partial charge in [0, 0.05) is 5.92 Å². The first-order valence-corrected chi connectivity index (χ1v) is 11.3. The Bertz CT molecular complexity index is 578. The average molecular weight is 418 g/mol. The van der Waals surface area contributed by atoms with Gasteiger partial charge in [-0.3, -0.25) is 0 Å². The summed E-state index contributed by atoms with van der Waals surface area (Å²) in [6.45, 7) is 14.9. The van der Waals surface area contributed by atoms with E-state index in [0.717, 1.165) is 38.0 Å². The molecule has 1 rings (SSSR count). The van der Waals surface area contributed by atoms with Gasteiger partial charge in [-0.15, -0.1) is 0 Å². The molecule has 0 aliphatic rings. The summed E-state index contributed by atoms with van der Waals surface area (Å²) in [6, 6.07) is 6.11. The highest BCUT2D eigenvalue weighted by molar-refractivity contribution is 5.37. The molecule has 0 aromatic heterocycles. The lowest BCUT2D eigenvalue weighted by Crippen LogP contribution is -2.23. The predicted octanol–water partition coefficient (Wildman–Crippen LogP) is 6.97. The summed E-state index contributed by atoms with van der Waals surface area (Å²) in [4.78, 5) is 0.